The largest absolute Gasteiger partial charge is 0.503 e. The number of carbonyl (C=O) groups is 1. The zero-order valence-electron chi connectivity index (χ0n) is 9.19. The molecule has 0 bridgehead atoms. The van der Waals surface area contributed by atoms with E-state index in [1.165, 1.54) is 6.92 Å². The lowest BCUT2D eigenvalue weighted by molar-refractivity contribution is -0.132. The highest BCUT2D eigenvalue weighted by Crippen LogP contribution is 2.28. The molecule has 2 rings (SSSR count). The summed E-state index contributed by atoms with van der Waals surface area (Å²) in [4.78, 5) is 11.4. The third-order valence-electron chi connectivity index (χ3n) is 2.82. The standard InChI is InChI=1S/C10H16N2O4/c1-10(15)6-7(8(13)9(10)14)11-12-2-4-16-5-3-12/h11,13,15H,2-6H2,1H3. The Balaban J connectivity index is 2.02. The lowest BCUT2D eigenvalue weighted by atomic mass is 10.0. The molecule has 90 valence electrons. The minimum atomic E-state index is -1.49. The highest BCUT2D eigenvalue weighted by Gasteiger charge is 2.42. The van der Waals surface area contributed by atoms with Crippen LogP contribution in [-0.2, 0) is 9.53 Å². The lowest BCUT2D eigenvalue weighted by Gasteiger charge is -2.28. The number of rotatable bonds is 2. The average Bonchev–Trinajstić information content (AvgIpc) is 2.44. The molecule has 6 nitrogen and oxygen atoms in total. The normalized spacial score (nSPS) is 32.2. The Hall–Kier alpha value is -1.11. The molecular weight excluding hydrogens is 212 g/mol. The Morgan fingerprint density at radius 3 is 2.56 bits per heavy atom. The number of hydrazine groups is 1. The van der Waals surface area contributed by atoms with Crippen LogP contribution in [0.5, 0.6) is 0 Å². The van der Waals surface area contributed by atoms with E-state index in [0.29, 0.717) is 32.0 Å². The van der Waals surface area contributed by atoms with Gasteiger partial charge in [0.1, 0.15) is 5.60 Å². The fraction of sp³-hybridized carbons (Fsp3) is 0.700. The third kappa shape index (κ3) is 2.04. The predicted molar refractivity (Wildman–Crippen MR) is 55.4 cm³/mol. The number of aliphatic hydroxyl groups is 2. The van der Waals surface area contributed by atoms with Crippen molar-refractivity contribution >= 4 is 5.78 Å². The van der Waals surface area contributed by atoms with Crippen molar-refractivity contribution in [3.05, 3.63) is 11.5 Å². The Morgan fingerprint density at radius 2 is 2.06 bits per heavy atom. The summed E-state index contributed by atoms with van der Waals surface area (Å²) in [6, 6.07) is 0. The van der Waals surface area contributed by atoms with Gasteiger partial charge in [-0.05, 0) is 6.92 Å². The topological polar surface area (TPSA) is 82.0 Å². The molecule has 1 saturated heterocycles. The van der Waals surface area contributed by atoms with Crippen molar-refractivity contribution in [1.29, 1.82) is 0 Å². The van der Waals surface area contributed by atoms with Crippen LogP contribution >= 0.6 is 0 Å². The summed E-state index contributed by atoms with van der Waals surface area (Å²) in [6.07, 6.45) is 0.120. The molecule has 0 spiro atoms. The molecule has 0 aromatic heterocycles. The van der Waals surface area contributed by atoms with E-state index < -0.39 is 11.4 Å². The van der Waals surface area contributed by atoms with Gasteiger partial charge in [-0.15, -0.1) is 0 Å². The first-order chi connectivity index (χ1) is 7.50. The number of nitrogens with one attached hydrogen (secondary N) is 1. The number of hydrogen-bond acceptors (Lipinski definition) is 6. The second-order valence-electron chi connectivity index (χ2n) is 4.32. The van der Waals surface area contributed by atoms with Crippen molar-refractivity contribution in [3.63, 3.8) is 0 Å². The van der Waals surface area contributed by atoms with Gasteiger partial charge in [-0.2, -0.15) is 0 Å². The van der Waals surface area contributed by atoms with Gasteiger partial charge in [-0.25, -0.2) is 5.01 Å². The highest BCUT2D eigenvalue weighted by atomic mass is 16.5. The molecule has 16 heavy (non-hydrogen) atoms. The fourth-order valence-electron chi connectivity index (χ4n) is 1.86. The van der Waals surface area contributed by atoms with E-state index in [1.807, 2.05) is 5.01 Å². The van der Waals surface area contributed by atoms with Crippen molar-refractivity contribution in [2.24, 2.45) is 0 Å². The molecule has 1 fully saturated rings. The summed E-state index contributed by atoms with van der Waals surface area (Å²) >= 11 is 0. The second kappa shape index (κ2) is 4.04. The van der Waals surface area contributed by atoms with Gasteiger partial charge >= 0.3 is 0 Å². The molecule has 1 aliphatic carbocycles. The highest BCUT2D eigenvalue weighted by molar-refractivity contribution is 6.02. The summed E-state index contributed by atoms with van der Waals surface area (Å²) in [5.74, 6) is -0.986. The monoisotopic (exact) mass is 228 g/mol. The quantitative estimate of drug-likeness (QED) is 0.581. The minimum Gasteiger partial charge on any atom is -0.503 e. The molecule has 0 amide bonds. The van der Waals surface area contributed by atoms with Crippen molar-refractivity contribution in [2.45, 2.75) is 18.9 Å². The number of ether oxygens (including phenoxy) is 1. The van der Waals surface area contributed by atoms with Crippen LogP contribution in [0.25, 0.3) is 0 Å². The Labute approximate surface area is 93.5 Å². The molecule has 2 aliphatic rings. The van der Waals surface area contributed by atoms with Gasteiger partial charge in [0.05, 0.1) is 18.9 Å². The minimum absolute atomic E-state index is 0.120. The van der Waals surface area contributed by atoms with Gasteiger partial charge in [-0.1, -0.05) is 0 Å². The van der Waals surface area contributed by atoms with Crippen LogP contribution in [0.15, 0.2) is 11.5 Å². The number of aliphatic hydroxyl groups excluding tert-OH is 1. The number of Topliss-reactive ketones (excluding diaryl/α,β-unsaturated/α-hetero) is 1. The van der Waals surface area contributed by atoms with E-state index in [9.17, 15) is 15.0 Å². The van der Waals surface area contributed by atoms with Gasteiger partial charge in [-0.3, -0.25) is 4.79 Å². The molecule has 6 heteroatoms. The Kier molecular flexibility index (Phi) is 2.88. The number of ketones is 1. The van der Waals surface area contributed by atoms with Crippen LogP contribution in [0.2, 0.25) is 0 Å². The molecule has 1 unspecified atom stereocenters. The molecule has 1 aliphatic heterocycles. The van der Waals surface area contributed by atoms with Crippen LogP contribution in [-0.4, -0.2) is 52.9 Å². The average molecular weight is 228 g/mol. The van der Waals surface area contributed by atoms with E-state index in [4.69, 9.17) is 4.74 Å². The van der Waals surface area contributed by atoms with Crippen molar-refractivity contribution in [1.82, 2.24) is 10.4 Å². The zero-order chi connectivity index (χ0) is 11.8. The number of nitrogens with zero attached hydrogens (tertiary/aromatic N) is 1. The van der Waals surface area contributed by atoms with Gasteiger partial charge in [0, 0.05) is 19.5 Å². The Bertz CT molecular complexity index is 332. The number of carbonyl (C=O) groups excluding carboxylic acids is 1. The fourth-order valence-corrected chi connectivity index (χ4v) is 1.86. The lowest BCUT2D eigenvalue weighted by Crippen LogP contribution is -2.45. The summed E-state index contributed by atoms with van der Waals surface area (Å²) in [6.45, 7) is 4.01. The number of morpholine rings is 1. The van der Waals surface area contributed by atoms with Crippen LogP contribution in [0.4, 0.5) is 0 Å². The molecule has 0 saturated carbocycles. The molecule has 3 N–H and O–H groups in total. The van der Waals surface area contributed by atoms with E-state index in [0.717, 1.165) is 0 Å². The maximum Gasteiger partial charge on any atom is 0.230 e. The molecule has 0 aromatic rings. The van der Waals surface area contributed by atoms with Crippen molar-refractivity contribution in [2.75, 3.05) is 26.3 Å². The van der Waals surface area contributed by atoms with E-state index >= 15 is 0 Å². The summed E-state index contributed by atoms with van der Waals surface area (Å²) in [5, 5.41) is 21.1. The molecule has 0 aromatic carbocycles. The maximum atomic E-state index is 11.4. The maximum absolute atomic E-state index is 11.4. The smallest absolute Gasteiger partial charge is 0.230 e. The number of hydrogen-bond donors (Lipinski definition) is 3. The van der Waals surface area contributed by atoms with Crippen LogP contribution in [0.1, 0.15) is 13.3 Å². The van der Waals surface area contributed by atoms with Gasteiger partial charge in [0.15, 0.2) is 5.76 Å². The van der Waals surface area contributed by atoms with Crippen LogP contribution < -0.4 is 5.43 Å². The van der Waals surface area contributed by atoms with E-state index in [2.05, 4.69) is 5.43 Å². The van der Waals surface area contributed by atoms with Gasteiger partial charge in [0.25, 0.3) is 0 Å². The molecular formula is C10H16N2O4. The van der Waals surface area contributed by atoms with Crippen molar-refractivity contribution < 1.29 is 19.7 Å². The first-order valence-corrected chi connectivity index (χ1v) is 5.29. The van der Waals surface area contributed by atoms with Gasteiger partial charge < -0.3 is 20.4 Å². The molecule has 1 atom stereocenters. The molecule has 1 heterocycles. The summed E-state index contributed by atoms with van der Waals surface area (Å²) in [7, 11) is 0. The SMILES string of the molecule is CC1(O)CC(NN2CCOCC2)=C(O)C1=O. The first kappa shape index (κ1) is 11.4. The zero-order valence-corrected chi connectivity index (χ0v) is 9.19. The van der Waals surface area contributed by atoms with E-state index in [-0.39, 0.29) is 12.2 Å². The predicted octanol–water partition coefficient (Wildman–Crippen LogP) is -0.683. The first-order valence-electron chi connectivity index (χ1n) is 5.29. The van der Waals surface area contributed by atoms with Crippen LogP contribution in [0, 0.1) is 0 Å². The van der Waals surface area contributed by atoms with Crippen LogP contribution in [0.3, 0.4) is 0 Å². The van der Waals surface area contributed by atoms with Gasteiger partial charge in [0.2, 0.25) is 5.78 Å². The summed E-state index contributed by atoms with van der Waals surface area (Å²) in [5.41, 5.74) is 1.85. The summed E-state index contributed by atoms with van der Waals surface area (Å²) < 4.78 is 5.18. The molecule has 0 radical (unpaired) electrons. The van der Waals surface area contributed by atoms with Crippen molar-refractivity contribution in [3.8, 4) is 0 Å². The Morgan fingerprint density at radius 1 is 1.44 bits per heavy atom. The second-order valence-corrected chi connectivity index (χ2v) is 4.32. The third-order valence-corrected chi connectivity index (χ3v) is 2.82. The van der Waals surface area contributed by atoms with E-state index in [1.54, 1.807) is 0 Å².